The summed E-state index contributed by atoms with van der Waals surface area (Å²) in [6.07, 6.45) is 2.45. The number of hydrogen-bond acceptors (Lipinski definition) is 5. The van der Waals surface area contributed by atoms with Crippen LogP contribution in [0.25, 0.3) is 0 Å². The number of imide groups is 1. The van der Waals surface area contributed by atoms with Crippen LogP contribution in [0.5, 0.6) is 0 Å². The number of aromatic nitrogens is 3. The van der Waals surface area contributed by atoms with Gasteiger partial charge in [0.25, 0.3) is 0 Å². The molecule has 1 heterocycles. The summed E-state index contributed by atoms with van der Waals surface area (Å²) in [6, 6.07) is -0.500. The smallest absolute Gasteiger partial charge is 0.321 e. The van der Waals surface area contributed by atoms with Crippen molar-refractivity contribution in [3.05, 3.63) is 11.9 Å². The minimum Gasteiger partial charge on any atom is -0.338 e. The van der Waals surface area contributed by atoms with Gasteiger partial charge in [0.05, 0.1) is 11.7 Å². The summed E-state index contributed by atoms with van der Waals surface area (Å²) < 4.78 is 1.35. The quantitative estimate of drug-likeness (QED) is 0.700. The van der Waals surface area contributed by atoms with E-state index in [-0.39, 0.29) is 6.54 Å². The van der Waals surface area contributed by atoms with Crippen molar-refractivity contribution in [3.8, 4) is 0 Å². The van der Waals surface area contributed by atoms with Crippen LogP contribution in [0.2, 0.25) is 0 Å². The fraction of sp³-hybridized carbons (Fsp3) is 0.692. The van der Waals surface area contributed by atoms with Gasteiger partial charge >= 0.3 is 6.03 Å². The Balaban J connectivity index is 2.40. The second-order valence-corrected chi connectivity index (χ2v) is 6.01. The highest BCUT2D eigenvalue weighted by Crippen LogP contribution is 2.12. The van der Waals surface area contributed by atoms with E-state index in [4.69, 9.17) is 5.73 Å². The van der Waals surface area contributed by atoms with Gasteiger partial charge in [0, 0.05) is 6.54 Å². The largest absolute Gasteiger partial charge is 0.338 e. The molecule has 8 heteroatoms. The minimum atomic E-state index is -0.622. The van der Waals surface area contributed by atoms with E-state index in [1.807, 2.05) is 0 Å². The Labute approximate surface area is 124 Å². The standard InChI is InChI=1S/C13H24N6O2/c1-9(2)5-6-15-12(21)16-11(20)8-19-7-10(17-18-19)13(3,4)14/h7,9H,5-6,8,14H2,1-4H3,(H2,15,16,20,21). The van der Waals surface area contributed by atoms with Crippen molar-refractivity contribution in [2.75, 3.05) is 6.54 Å². The second kappa shape index (κ2) is 7.16. The maximum absolute atomic E-state index is 11.7. The monoisotopic (exact) mass is 296 g/mol. The Morgan fingerprint density at radius 2 is 2.10 bits per heavy atom. The van der Waals surface area contributed by atoms with Crippen molar-refractivity contribution in [2.24, 2.45) is 11.7 Å². The molecule has 0 aliphatic rings. The van der Waals surface area contributed by atoms with Crippen LogP contribution in [0, 0.1) is 5.92 Å². The third-order valence-corrected chi connectivity index (χ3v) is 2.76. The molecule has 0 radical (unpaired) electrons. The Morgan fingerprint density at radius 3 is 2.62 bits per heavy atom. The maximum Gasteiger partial charge on any atom is 0.321 e. The van der Waals surface area contributed by atoms with Crippen molar-refractivity contribution >= 4 is 11.9 Å². The molecule has 21 heavy (non-hydrogen) atoms. The topological polar surface area (TPSA) is 115 Å². The van der Waals surface area contributed by atoms with E-state index < -0.39 is 17.5 Å². The summed E-state index contributed by atoms with van der Waals surface area (Å²) in [5.74, 6) is 0.0394. The Morgan fingerprint density at radius 1 is 1.43 bits per heavy atom. The van der Waals surface area contributed by atoms with Gasteiger partial charge < -0.3 is 11.1 Å². The number of rotatable bonds is 6. The lowest BCUT2D eigenvalue weighted by atomic mass is 10.0. The zero-order valence-electron chi connectivity index (χ0n) is 13.0. The van der Waals surface area contributed by atoms with Crippen molar-refractivity contribution in [1.82, 2.24) is 25.6 Å². The number of nitrogens with one attached hydrogen (secondary N) is 2. The van der Waals surface area contributed by atoms with E-state index >= 15 is 0 Å². The normalized spacial score (nSPS) is 11.5. The highest BCUT2D eigenvalue weighted by molar-refractivity contribution is 5.94. The lowest BCUT2D eigenvalue weighted by molar-refractivity contribution is -0.120. The average molecular weight is 296 g/mol. The zero-order chi connectivity index (χ0) is 16.0. The zero-order valence-corrected chi connectivity index (χ0v) is 13.0. The Hall–Kier alpha value is -1.96. The predicted octanol–water partition coefficient (Wildman–Crippen LogP) is 0.344. The number of nitrogens with zero attached hydrogens (tertiary/aromatic N) is 3. The molecule has 0 saturated carbocycles. The molecule has 0 aromatic carbocycles. The van der Waals surface area contributed by atoms with Crippen molar-refractivity contribution < 1.29 is 9.59 Å². The fourth-order valence-corrected chi connectivity index (χ4v) is 1.50. The SMILES string of the molecule is CC(C)CCNC(=O)NC(=O)Cn1cc(C(C)(C)N)nn1. The highest BCUT2D eigenvalue weighted by Gasteiger charge is 2.19. The summed E-state index contributed by atoms with van der Waals surface area (Å²) >= 11 is 0. The van der Waals surface area contributed by atoms with Crippen LogP contribution in [-0.4, -0.2) is 33.5 Å². The van der Waals surface area contributed by atoms with Crippen LogP contribution in [-0.2, 0) is 16.9 Å². The molecular weight excluding hydrogens is 272 g/mol. The van der Waals surface area contributed by atoms with E-state index in [1.165, 1.54) is 4.68 Å². The third kappa shape index (κ3) is 6.35. The molecule has 1 aromatic heterocycles. The molecule has 0 bridgehead atoms. The van der Waals surface area contributed by atoms with Gasteiger partial charge in [-0.15, -0.1) is 5.10 Å². The van der Waals surface area contributed by atoms with Crippen LogP contribution >= 0.6 is 0 Å². The molecule has 1 aromatic rings. The van der Waals surface area contributed by atoms with Crippen LogP contribution < -0.4 is 16.4 Å². The van der Waals surface area contributed by atoms with Gasteiger partial charge in [0.2, 0.25) is 5.91 Å². The molecule has 0 unspecified atom stereocenters. The second-order valence-electron chi connectivity index (χ2n) is 6.01. The van der Waals surface area contributed by atoms with E-state index in [9.17, 15) is 9.59 Å². The van der Waals surface area contributed by atoms with Gasteiger partial charge in [0.15, 0.2) is 0 Å². The van der Waals surface area contributed by atoms with Crippen molar-refractivity contribution in [2.45, 2.75) is 46.2 Å². The number of hydrogen-bond donors (Lipinski definition) is 3. The number of urea groups is 1. The molecule has 3 amide bonds. The average Bonchev–Trinajstić information content (AvgIpc) is 2.76. The molecule has 0 spiro atoms. The van der Waals surface area contributed by atoms with Gasteiger partial charge in [-0.25, -0.2) is 9.48 Å². The Bertz CT molecular complexity index is 489. The number of amides is 3. The summed E-state index contributed by atoms with van der Waals surface area (Å²) in [6.45, 7) is 8.16. The van der Waals surface area contributed by atoms with E-state index in [0.717, 1.165) is 6.42 Å². The molecule has 0 saturated heterocycles. The van der Waals surface area contributed by atoms with Crippen molar-refractivity contribution in [1.29, 1.82) is 0 Å². The van der Waals surface area contributed by atoms with Crippen molar-refractivity contribution in [3.63, 3.8) is 0 Å². The number of carbonyl (C=O) groups is 2. The molecule has 118 valence electrons. The molecule has 1 rings (SSSR count). The molecule has 0 fully saturated rings. The predicted molar refractivity (Wildman–Crippen MR) is 78.2 cm³/mol. The van der Waals surface area contributed by atoms with Gasteiger partial charge in [-0.2, -0.15) is 0 Å². The number of carbonyl (C=O) groups excluding carboxylic acids is 2. The van der Waals surface area contributed by atoms with Crippen LogP contribution in [0.15, 0.2) is 6.20 Å². The summed E-state index contributed by atoms with van der Waals surface area (Å²) in [7, 11) is 0. The van der Waals surface area contributed by atoms with Crippen LogP contribution in [0.3, 0.4) is 0 Å². The molecule has 4 N–H and O–H groups in total. The molecule has 0 atom stereocenters. The fourth-order valence-electron chi connectivity index (χ4n) is 1.50. The Kier molecular flexibility index (Phi) is 5.83. The first-order chi connectivity index (χ1) is 9.68. The molecular formula is C13H24N6O2. The first-order valence-corrected chi connectivity index (χ1v) is 6.95. The van der Waals surface area contributed by atoms with Gasteiger partial charge in [0.1, 0.15) is 12.2 Å². The third-order valence-electron chi connectivity index (χ3n) is 2.76. The first-order valence-electron chi connectivity index (χ1n) is 6.95. The lowest BCUT2D eigenvalue weighted by Gasteiger charge is -2.13. The summed E-state index contributed by atoms with van der Waals surface area (Å²) in [5.41, 5.74) is 5.84. The molecule has 8 nitrogen and oxygen atoms in total. The van der Waals surface area contributed by atoms with E-state index in [2.05, 4.69) is 34.8 Å². The summed E-state index contributed by atoms with van der Waals surface area (Å²) in [5, 5.41) is 12.6. The van der Waals surface area contributed by atoms with Gasteiger partial charge in [-0.05, 0) is 26.2 Å². The maximum atomic E-state index is 11.7. The lowest BCUT2D eigenvalue weighted by Crippen LogP contribution is -2.41. The summed E-state index contributed by atoms with van der Waals surface area (Å²) in [4.78, 5) is 23.2. The van der Waals surface area contributed by atoms with Crippen LogP contribution in [0.1, 0.15) is 39.8 Å². The minimum absolute atomic E-state index is 0.0827. The molecule has 0 aliphatic carbocycles. The number of nitrogens with two attached hydrogens (primary N) is 1. The first kappa shape index (κ1) is 17.1. The van der Waals surface area contributed by atoms with E-state index in [0.29, 0.717) is 18.2 Å². The molecule has 0 aliphatic heterocycles. The van der Waals surface area contributed by atoms with Crippen LogP contribution in [0.4, 0.5) is 4.79 Å². The van der Waals surface area contributed by atoms with Gasteiger partial charge in [-0.1, -0.05) is 19.1 Å². The van der Waals surface area contributed by atoms with E-state index in [1.54, 1.807) is 20.0 Å². The highest BCUT2D eigenvalue weighted by atomic mass is 16.2. The van der Waals surface area contributed by atoms with Gasteiger partial charge in [-0.3, -0.25) is 10.1 Å².